The molecule has 48 heavy (non-hydrogen) atoms. The standard InChI is InChI=1S/C35H51FN8O4/c1-7-44-28(14-15-38-44)33(46)41-31(29(23-8-9-23)24-10-11-24)34(47)39-27-13-12-25(18-26(27)36)21(3)30(40-32(45)22(4)37-5)35(48)43-17-16-42(6)20(2)19-43/h12-15,18,20-24,29-31,37H,7-11,16-17,19H2,1-6H3,(H,39,47)(H,40,45)(H,41,46)/t20-,21+,22+,30-,31+/m1/s1. The number of anilines is 1. The average molecular weight is 667 g/mol. The summed E-state index contributed by atoms with van der Waals surface area (Å²) in [5.41, 5.74) is 0.870. The van der Waals surface area contributed by atoms with Crippen LogP contribution in [0.2, 0.25) is 0 Å². The number of hydrogen-bond acceptors (Lipinski definition) is 7. The van der Waals surface area contributed by atoms with Crippen LogP contribution in [0.25, 0.3) is 0 Å². The van der Waals surface area contributed by atoms with Gasteiger partial charge in [0.05, 0.1) is 11.7 Å². The minimum absolute atomic E-state index is 0.0113. The van der Waals surface area contributed by atoms with E-state index in [0.29, 0.717) is 49.3 Å². The minimum atomic E-state index is -0.919. The summed E-state index contributed by atoms with van der Waals surface area (Å²) in [7, 11) is 3.69. The van der Waals surface area contributed by atoms with Gasteiger partial charge in [-0.15, -0.1) is 0 Å². The third-order valence-electron chi connectivity index (χ3n) is 10.5. The summed E-state index contributed by atoms with van der Waals surface area (Å²) < 4.78 is 17.4. The van der Waals surface area contributed by atoms with Crippen molar-refractivity contribution in [3.05, 3.63) is 47.5 Å². The van der Waals surface area contributed by atoms with Gasteiger partial charge in [-0.1, -0.05) is 13.0 Å². The molecular weight excluding hydrogens is 615 g/mol. The van der Waals surface area contributed by atoms with Crippen LogP contribution < -0.4 is 21.3 Å². The zero-order chi connectivity index (χ0) is 34.7. The normalized spacial score (nSPS) is 20.9. The first-order valence-electron chi connectivity index (χ1n) is 17.3. The van der Waals surface area contributed by atoms with Crippen molar-refractivity contribution in [1.82, 2.24) is 35.5 Å². The monoisotopic (exact) mass is 666 g/mol. The molecule has 1 aliphatic heterocycles. The number of carbonyl (C=O) groups is 4. The third kappa shape index (κ3) is 8.06. The molecule has 13 heteroatoms. The van der Waals surface area contributed by atoms with Crippen molar-refractivity contribution in [3.63, 3.8) is 0 Å². The lowest BCUT2D eigenvalue weighted by Crippen LogP contribution is -2.59. The maximum absolute atomic E-state index is 15.8. The highest BCUT2D eigenvalue weighted by molar-refractivity contribution is 6.01. The molecule has 4 N–H and O–H groups in total. The molecule has 5 rings (SSSR count). The molecule has 3 fully saturated rings. The van der Waals surface area contributed by atoms with Gasteiger partial charge in [-0.05, 0) is 102 Å². The fraction of sp³-hybridized carbons (Fsp3) is 0.629. The van der Waals surface area contributed by atoms with E-state index in [0.717, 1.165) is 25.7 Å². The topological polar surface area (TPSA) is 141 Å². The molecule has 262 valence electrons. The molecule has 5 atom stereocenters. The molecule has 2 heterocycles. The van der Waals surface area contributed by atoms with Crippen LogP contribution in [0.15, 0.2) is 30.5 Å². The largest absolute Gasteiger partial charge is 0.342 e. The molecule has 0 bridgehead atoms. The van der Waals surface area contributed by atoms with E-state index in [9.17, 15) is 19.2 Å². The van der Waals surface area contributed by atoms with Gasteiger partial charge in [-0.3, -0.25) is 23.9 Å². The maximum atomic E-state index is 15.8. The van der Waals surface area contributed by atoms with Gasteiger partial charge < -0.3 is 31.1 Å². The molecule has 2 aliphatic carbocycles. The molecule has 3 aliphatic rings. The van der Waals surface area contributed by atoms with E-state index in [2.05, 4.69) is 38.2 Å². The Bertz CT molecular complexity index is 1480. The predicted molar refractivity (Wildman–Crippen MR) is 181 cm³/mol. The number of aromatic nitrogens is 2. The number of likely N-dealkylation sites (N-methyl/N-ethyl adjacent to an activating group) is 2. The molecule has 4 amide bonds. The van der Waals surface area contributed by atoms with Crippen LogP contribution in [0.4, 0.5) is 10.1 Å². The number of benzene rings is 1. The Morgan fingerprint density at radius 3 is 2.25 bits per heavy atom. The lowest BCUT2D eigenvalue weighted by Gasteiger charge is -2.40. The SMILES string of the molecule is CCn1nccc1C(=O)N[C@H](C(=O)Nc1ccc([C@H](C)[C@@H](NC(=O)[C@H](C)NC)C(=O)N2CCN(C)[C@H](C)C2)cc1F)C(C1CC1)C1CC1. The first-order valence-corrected chi connectivity index (χ1v) is 17.3. The maximum Gasteiger partial charge on any atom is 0.270 e. The summed E-state index contributed by atoms with van der Waals surface area (Å²) in [6, 6.07) is 3.99. The highest BCUT2D eigenvalue weighted by Crippen LogP contribution is 2.51. The molecular formula is C35H51FN8O4. The van der Waals surface area contributed by atoms with Gasteiger partial charge in [-0.25, -0.2) is 4.39 Å². The average Bonchev–Trinajstić information content (AvgIpc) is 4.03. The number of carbonyl (C=O) groups excluding carboxylic acids is 4. The Labute approximate surface area is 282 Å². The Morgan fingerprint density at radius 1 is 0.979 bits per heavy atom. The van der Waals surface area contributed by atoms with Gasteiger partial charge in [0.25, 0.3) is 5.91 Å². The number of nitrogens with zero attached hydrogens (tertiary/aromatic N) is 4. The number of nitrogens with one attached hydrogen (secondary N) is 4. The van der Waals surface area contributed by atoms with Crippen LogP contribution in [0.1, 0.15) is 75.3 Å². The van der Waals surface area contributed by atoms with Crippen molar-refractivity contribution in [3.8, 4) is 0 Å². The van der Waals surface area contributed by atoms with Crippen molar-refractivity contribution in [2.24, 2.45) is 17.8 Å². The summed E-state index contributed by atoms with van der Waals surface area (Å²) in [5, 5.41) is 15.7. The smallest absolute Gasteiger partial charge is 0.270 e. The van der Waals surface area contributed by atoms with Gasteiger partial charge in [0, 0.05) is 44.3 Å². The highest BCUT2D eigenvalue weighted by atomic mass is 19.1. The number of rotatable bonds is 14. The molecule has 2 aromatic rings. The number of piperazine rings is 1. The number of aryl methyl sites for hydroxylation is 1. The Kier molecular flexibility index (Phi) is 11.2. The summed E-state index contributed by atoms with van der Waals surface area (Å²) >= 11 is 0. The van der Waals surface area contributed by atoms with Gasteiger partial charge in [-0.2, -0.15) is 5.10 Å². The van der Waals surface area contributed by atoms with Crippen molar-refractivity contribution in [1.29, 1.82) is 0 Å². The summed E-state index contributed by atoms with van der Waals surface area (Å²) in [5.74, 6) is -1.95. The first-order chi connectivity index (χ1) is 22.9. The second kappa shape index (κ2) is 15.1. The Morgan fingerprint density at radius 2 is 1.67 bits per heavy atom. The van der Waals surface area contributed by atoms with Gasteiger partial charge in [0.1, 0.15) is 23.6 Å². The summed E-state index contributed by atoms with van der Waals surface area (Å²) in [4.78, 5) is 58.0. The fourth-order valence-electron chi connectivity index (χ4n) is 6.79. The van der Waals surface area contributed by atoms with E-state index in [-0.39, 0.29) is 35.4 Å². The van der Waals surface area contributed by atoms with Crippen molar-refractivity contribution in [2.45, 2.75) is 90.0 Å². The van der Waals surface area contributed by atoms with Crippen LogP contribution in [0.3, 0.4) is 0 Å². The molecule has 1 aromatic carbocycles. The van der Waals surface area contributed by atoms with E-state index in [1.54, 1.807) is 48.8 Å². The predicted octanol–water partition coefficient (Wildman–Crippen LogP) is 2.57. The number of amides is 4. The molecule has 0 spiro atoms. The summed E-state index contributed by atoms with van der Waals surface area (Å²) in [6.45, 7) is 9.72. The van der Waals surface area contributed by atoms with Crippen molar-refractivity contribution in [2.75, 3.05) is 39.0 Å². The second-order valence-corrected chi connectivity index (χ2v) is 13.9. The minimum Gasteiger partial charge on any atom is -0.342 e. The van der Waals surface area contributed by atoms with Crippen molar-refractivity contribution >= 4 is 29.3 Å². The molecule has 0 unspecified atom stereocenters. The van der Waals surface area contributed by atoms with Crippen molar-refractivity contribution < 1.29 is 23.6 Å². The van der Waals surface area contributed by atoms with Crippen LogP contribution in [0, 0.1) is 23.6 Å². The Balaban J connectivity index is 1.35. The molecule has 2 saturated carbocycles. The molecule has 12 nitrogen and oxygen atoms in total. The molecule has 1 aromatic heterocycles. The van der Waals surface area contributed by atoms with Gasteiger partial charge in [0.2, 0.25) is 17.7 Å². The third-order valence-corrected chi connectivity index (χ3v) is 10.5. The van der Waals surface area contributed by atoms with E-state index in [4.69, 9.17) is 0 Å². The van der Waals surface area contributed by atoms with Gasteiger partial charge in [0.15, 0.2) is 0 Å². The lowest BCUT2D eigenvalue weighted by molar-refractivity contribution is -0.139. The first kappa shape index (κ1) is 35.5. The molecule has 0 radical (unpaired) electrons. The zero-order valence-electron chi connectivity index (χ0n) is 29.0. The van der Waals surface area contributed by atoms with E-state index in [1.807, 2.05) is 14.0 Å². The van der Waals surface area contributed by atoms with Gasteiger partial charge >= 0.3 is 0 Å². The van der Waals surface area contributed by atoms with Crippen LogP contribution >= 0.6 is 0 Å². The fourth-order valence-corrected chi connectivity index (χ4v) is 6.79. The Hall–Kier alpha value is -3.84. The lowest BCUT2D eigenvalue weighted by atomic mass is 9.88. The highest BCUT2D eigenvalue weighted by Gasteiger charge is 2.48. The second-order valence-electron chi connectivity index (χ2n) is 13.9. The van der Waals surface area contributed by atoms with Crippen LogP contribution in [0.5, 0.6) is 0 Å². The van der Waals surface area contributed by atoms with Crippen LogP contribution in [-0.2, 0) is 20.9 Å². The van der Waals surface area contributed by atoms with E-state index < -0.39 is 35.8 Å². The van der Waals surface area contributed by atoms with Crippen LogP contribution in [-0.4, -0.2) is 101 Å². The van der Waals surface area contributed by atoms with E-state index in [1.165, 1.54) is 12.1 Å². The zero-order valence-corrected chi connectivity index (χ0v) is 29.0. The summed E-state index contributed by atoms with van der Waals surface area (Å²) in [6.07, 6.45) is 5.58. The van der Waals surface area contributed by atoms with E-state index >= 15 is 4.39 Å². The quantitative estimate of drug-likeness (QED) is 0.243. The molecule has 1 saturated heterocycles. The number of hydrogen-bond donors (Lipinski definition) is 4. The number of halogens is 1.